The van der Waals surface area contributed by atoms with Crippen LogP contribution in [0.5, 0.6) is 0 Å². The van der Waals surface area contributed by atoms with Crippen molar-refractivity contribution in [3.05, 3.63) is 71.8 Å². The summed E-state index contributed by atoms with van der Waals surface area (Å²) < 4.78 is 5.21. The molecule has 2 atom stereocenters. The number of likely N-dealkylation sites (tertiary alicyclic amines) is 1. The van der Waals surface area contributed by atoms with Gasteiger partial charge in [0.2, 0.25) is 5.72 Å². The normalized spacial score (nSPS) is 22.6. The summed E-state index contributed by atoms with van der Waals surface area (Å²) in [6, 6.07) is 18.3. The molecule has 0 aromatic heterocycles. The van der Waals surface area contributed by atoms with Crippen LogP contribution in [0.15, 0.2) is 60.7 Å². The maximum atomic E-state index is 12.4. The molecule has 6 nitrogen and oxygen atoms in total. The molecule has 2 aromatic rings. The highest BCUT2D eigenvalue weighted by Crippen LogP contribution is 2.38. The third kappa shape index (κ3) is 3.49. The Kier molecular flexibility index (Phi) is 4.72. The molecule has 0 saturated carbocycles. The molecule has 2 N–H and O–H groups in total. The number of rotatable bonds is 4. The summed E-state index contributed by atoms with van der Waals surface area (Å²) in [4.78, 5) is 24.9. The van der Waals surface area contributed by atoms with E-state index >= 15 is 0 Å². The summed E-state index contributed by atoms with van der Waals surface area (Å²) in [6.07, 6.45) is -0.917. The lowest BCUT2D eigenvalue weighted by Gasteiger charge is -2.28. The van der Waals surface area contributed by atoms with Gasteiger partial charge < -0.3 is 14.9 Å². The van der Waals surface area contributed by atoms with Gasteiger partial charge in [-0.2, -0.15) is 0 Å². The van der Waals surface area contributed by atoms with Gasteiger partial charge in [-0.1, -0.05) is 60.7 Å². The zero-order chi connectivity index (χ0) is 17.9. The van der Waals surface area contributed by atoms with E-state index in [1.165, 1.54) is 0 Å². The average molecular weight is 341 g/mol. The molecular formula is C19H19NO5. The molecule has 1 amide bonds. The Balaban J connectivity index is 1.75. The first kappa shape index (κ1) is 17.0. The first-order valence-corrected chi connectivity index (χ1v) is 8.00. The molecule has 1 aliphatic rings. The molecule has 6 heteroatoms. The van der Waals surface area contributed by atoms with Crippen LogP contribution in [0.2, 0.25) is 0 Å². The van der Waals surface area contributed by atoms with E-state index in [9.17, 15) is 19.8 Å². The average Bonchev–Trinajstić information content (AvgIpc) is 3.01. The minimum Gasteiger partial charge on any atom is -0.478 e. The Hall–Kier alpha value is -2.86. The highest BCUT2D eigenvalue weighted by molar-refractivity contribution is 5.83. The van der Waals surface area contributed by atoms with Crippen molar-refractivity contribution >= 4 is 12.1 Å². The molecule has 0 aliphatic carbocycles. The SMILES string of the molecule is O=C(OCc1ccccc1)N1C[C@@H](c2ccccc2)C[C@@]1(O)C(=O)O. The maximum absolute atomic E-state index is 12.4. The van der Waals surface area contributed by atoms with Crippen LogP contribution in [-0.4, -0.2) is 39.4 Å². The van der Waals surface area contributed by atoms with Gasteiger partial charge in [0.05, 0.1) is 0 Å². The van der Waals surface area contributed by atoms with Crippen molar-refractivity contribution in [1.82, 2.24) is 4.90 Å². The second-order valence-corrected chi connectivity index (χ2v) is 6.08. The number of aliphatic hydroxyl groups is 1. The van der Waals surface area contributed by atoms with Gasteiger partial charge in [0, 0.05) is 18.9 Å². The van der Waals surface area contributed by atoms with Crippen LogP contribution in [0.1, 0.15) is 23.5 Å². The number of carbonyl (C=O) groups excluding carboxylic acids is 1. The van der Waals surface area contributed by atoms with Crippen LogP contribution in [0.25, 0.3) is 0 Å². The summed E-state index contributed by atoms with van der Waals surface area (Å²) in [7, 11) is 0. The Morgan fingerprint density at radius 1 is 1.08 bits per heavy atom. The maximum Gasteiger partial charge on any atom is 0.412 e. The highest BCUT2D eigenvalue weighted by atomic mass is 16.6. The van der Waals surface area contributed by atoms with E-state index < -0.39 is 17.8 Å². The molecule has 25 heavy (non-hydrogen) atoms. The lowest BCUT2D eigenvalue weighted by Crippen LogP contribution is -2.53. The second-order valence-electron chi connectivity index (χ2n) is 6.08. The van der Waals surface area contributed by atoms with Gasteiger partial charge in [0.25, 0.3) is 0 Å². The molecule has 1 saturated heterocycles. The molecule has 2 aromatic carbocycles. The molecule has 3 rings (SSSR count). The summed E-state index contributed by atoms with van der Waals surface area (Å²) in [5.41, 5.74) is -0.608. The van der Waals surface area contributed by atoms with E-state index in [0.29, 0.717) is 0 Å². The first-order valence-electron chi connectivity index (χ1n) is 8.00. The first-order chi connectivity index (χ1) is 12.0. The number of benzene rings is 2. The number of nitrogens with zero attached hydrogens (tertiary/aromatic N) is 1. The number of hydrogen-bond donors (Lipinski definition) is 2. The fourth-order valence-corrected chi connectivity index (χ4v) is 3.06. The predicted octanol–water partition coefficient (Wildman–Crippen LogP) is 2.59. The number of carboxylic acid groups (broad SMARTS) is 1. The van der Waals surface area contributed by atoms with Crippen molar-refractivity contribution in [3.63, 3.8) is 0 Å². The van der Waals surface area contributed by atoms with Crippen molar-refractivity contribution < 1.29 is 24.5 Å². The van der Waals surface area contributed by atoms with Crippen molar-refractivity contribution in [1.29, 1.82) is 0 Å². The second kappa shape index (κ2) is 6.94. The fraction of sp³-hybridized carbons (Fsp3) is 0.263. The van der Waals surface area contributed by atoms with E-state index in [0.717, 1.165) is 16.0 Å². The van der Waals surface area contributed by atoms with Crippen LogP contribution >= 0.6 is 0 Å². The van der Waals surface area contributed by atoms with Crippen molar-refractivity contribution in [2.45, 2.75) is 24.7 Å². The lowest BCUT2D eigenvalue weighted by atomic mass is 9.95. The number of amides is 1. The van der Waals surface area contributed by atoms with E-state index in [1.54, 1.807) is 12.1 Å². The Morgan fingerprint density at radius 3 is 2.28 bits per heavy atom. The van der Waals surface area contributed by atoms with E-state index in [2.05, 4.69) is 0 Å². The summed E-state index contributed by atoms with van der Waals surface area (Å²) >= 11 is 0. The number of aliphatic carboxylic acids is 1. The molecule has 1 heterocycles. The van der Waals surface area contributed by atoms with Gasteiger partial charge in [-0.05, 0) is 11.1 Å². The van der Waals surface area contributed by atoms with Crippen LogP contribution < -0.4 is 0 Å². The van der Waals surface area contributed by atoms with E-state index in [-0.39, 0.29) is 25.5 Å². The monoisotopic (exact) mass is 341 g/mol. The zero-order valence-corrected chi connectivity index (χ0v) is 13.5. The van der Waals surface area contributed by atoms with E-state index in [4.69, 9.17) is 4.74 Å². The minimum atomic E-state index is -2.27. The highest BCUT2D eigenvalue weighted by Gasteiger charge is 2.53. The molecule has 1 aliphatic heterocycles. The van der Waals surface area contributed by atoms with Crippen molar-refractivity contribution in [2.75, 3.05) is 6.54 Å². The van der Waals surface area contributed by atoms with Gasteiger partial charge in [-0.15, -0.1) is 0 Å². The van der Waals surface area contributed by atoms with Gasteiger partial charge >= 0.3 is 12.1 Å². The quantitative estimate of drug-likeness (QED) is 0.892. The van der Waals surface area contributed by atoms with Gasteiger partial charge in [-0.25, -0.2) is 9.59 Å². The van der Waals surface area contributed by atoms with Gasteiger partial charge in [0.15, 0.2) is 0 Å². The molecule has 1 fully saturated rings. The van der Waals surface area contributed by atoms with E-state index in [1.807, 2.05) is 48.5 Å². The van der Waals surface area contributed by atoms with Crippen LogP contribution in [0.3, 0.4) is 0 Å². The Labute approximate surface area is 145 Å². The number of hydrogen-bond acceptors (Lipinski definition) is 4. The Bertz CT molecular complexity index is 749. The Morgan fingerprint density at radius 2 is 1.68 bits per heavy atom. The summed E-state index contributed by atoms with van der Waals surface area (Å²) in [5.74, 6) is -1.73. The third-order valence-corrected chi connectivity index (χ3v) is 4.42. The molecule has 130 valence electrons. The summed E-state index contributed by atoms with van der Waals surface area (Å²) in [5, 5.41) is 20.0. The molecular weight excluding hydrogens is 322 g/mol. The minimum absolute atomic E-state index is 0.0158. The summed E-state index contributed by atoms with van der Waals surface area (Å²) in [6.45, 7) is 0.0995. The number of ether oxygens (including phenoxy) is 1. The number of carbonyl (C=O) groups is 2. The molecule has 0 radical (unpaired) electrons. The van der Waals surface area contributed by atoms with Crippen molar-refractivity contribution in [2.24, 2.45) is 0 Å². The topological polar surface area (TPSA) is 87.1 Å². The standard InChI is InChI=1S/C19H19NO5/c21-17(22)19(24)11-16(15-9-5-2-6-10-15)12-20(19)18(23)25-13-14-7-3-1-4-8-14/h1-10,16,24H,11-13H2,(H,21,22)/t16-,19+/m0/s1. The fourth-order valence-electron chi connectivity index (χ4n) is 3.06. The smallest absolute Gasteiger partial charge is 0.412 e. The van der Waals surface area contributed by atoms with Crippen LogP contribution in [0, 0.1) is 0 Å². The van der Waals surface area contributed by atoms with Crippen LogP contribution in [0.4, 0.5) is 4.79 Å². The van der Waals surface area contributed by atoms with Crippen molar-refractivity contribution in [3.8, 4) is 0 Å². The third-order valence-electron chi connectivity index (χ3n) is 4.42. The largest absolute Gasteiger partial charge is 0.478 e. The molecule has 0 spiro atoms. The van der Waals surface area contributed by atoms with Gasteiger partial charge in [-0.3, -0.25) is 4.90 Å². The lowest BCUT2D eigenvalue weighted by molar-refractivity contribution is -0.173. The molecule has 0 bridgehead atoms. The molecule has 0 unspecified atom stereocenters. The van der Waals surface area contributed by atoms with Gasteiger partial charge in [0.1, 0.15) is 6.61 Å². The van der Waals surface area contributed by atoms with Crippen LogP contribution in [-0.2, 0) is 16.1 Å². The number of carboxylic acids is 1. The zero-order valence-electron chi connectivity index (χ0n) is 13.5. The predicted molar refractivity (Wildman–Crippen MR) is 89.7 cm³/mol.